The second-order valence-electron chi connectivity index (χ2n) is 7.60. The Balaban J connectivity index is 1.43. The minimum atomic E-state index is 1.00. The van der Waals surface area contributed by atoms with Gasteiger partial charge in [0.15, 0.2) is 0 Å². The van der Waals surface area contributed by atoms with Crippen LogP contribution in [0.25, 0.3) is 10.9 Å². The molecule has 0 atom stereocenters. The van der Waals surface area contributed by atoms with Crippen molar-refractivity contribution in [2.75, 3.05) is 7.11 Å². The van der Waals surface area contributed by atoms with Gasteiger partial charge >= 0.3 is 0 Å². The van der Waals surface area contributed by atoms with Gasteiger partial charge in [0, 0.05) is 18.1 Å². The van der Waals surface area contributed by atoms with Gasteiger partial charge in [-0.3, -0.25) is 0 Å². The van der Waals surface area contributed by atoms with Crippen LogP contribution in [0.3, 0.4) is 0 Å². The lowest BCUT2D eigenvalue weighted by molar-refractivity contribution is 0.417. The summed E-state index contributed by atoms with van der Waals surface area (Å²) in [6.45, 7) is 2.14. The number of ether oxygens (including phenoxy) is 1. The van der Waals surface area contributed by atoms with Crippen LogP contribution in [-0.4, -0.2) is 18.4 Å². The normalized spacial score (nSPS) is 24.1. The molecule has 122 valence electrons. The summed E-state index contributed by atoms with van der Waals surface area (Å²) < 4.78 is 7.96. The third-order valence-electron chi connectivity index (χ3n) is 6.42. The molecule has 3 heteroatoms. The third kappa shape index (κ3) is 2.91. The number of methoxy groups -OCH3 is 1. The molecule has 2 aliphatic rings. The summed E-state index contributed by atoms with van der Waals surface area (Å²) >= 11 is 0. The van der Waals surface area contributed by atoms with Crippen LogP contribution in [0.15, 0.2) is 30.5 Å². The zero-order chi connectivity index (χ0) is 15.6. The molecule has 2 aliphatic heterocycles. The number of rotatable bonds is 5. The maximum atomic E-state index is 5.56. The van der Waals surface area contributed by atoms with Gasteiger partial charge in [0.25, 0.3) is 0 Å². The Hall–Kier alpha value is -1.38. The number of fused-ring (bicyclic) bond motifs is 3. The van der Waals surface area contributed by atoms with Crippen LogP contribution in [0.5, 0.6) is 5.75 Å². The van der Waals surface area contributed by atoms with Crippen molar-refractivity contribution >= 4 is 17.6 Å². The molecule has 0 N–H and O–H groups in total. The lowest BCUT2D eigenvalue weighted by Crippen LogP contribution is -2.34. The number of hydrogen-bond donors (Lipinski definition) is 0. The van der Waals surface area contributed by atoms with Crippen LogP contribution in [0.1, 0.15) is 44.9 Å². The monoisotopic (exact) mass is 309 g/mol. The van der Waals surface area contributed by atoms with Crippen LogP contribution >= 0.6 is 0 Å². The Morgan fingerprint density at radius 2 is 1.83 bits per heavy atom. The van der Waals surface area contributed by atoms with Gasteiger partial charge in [-0.1, -0.05) is 68.6 Å². The molecule has 0 spiro atoms. The molecule has 2 fully saturated rings. The van der Waals surface area contributed by atoms with Crippen molar-refractivity contribution in [3.63, 3.8) is 0 Å². The summed E-state index contributed by atoms with van der Waals surface area (Å²) in [6.07, 6.45) is 13.9. The Labute approximate surface area is 140 Å². The lowest BCUT2D eigenvalue weighted by atomic mass is 9.26. The first-order valence-electron chi connectivity index (χ1n) is 9.48. The fourth-order valence-corrected chi connectivity index (χ4v) is 5.36. The minimum Gasteiger partial charge on any atom is -0.495 e. The van der Waals surface area contributed by atoms with Gasteiger partial charge in [-0.25, -0.2) is 0 Å². The lowest BCUT2D eigenvalue weighted by Gasteiger charge is -2.40. The van der Waals surface area contributed by atoms with E-state index in [1.54, 1.807) is 7.11 Å². The summed E-state index contributed by atoms with van der Waals surface area (Å²) in [7, 11) is 1.77. The van der Waals surface area contributed by atoms with Gasteiger partial charge < -0.3 is 9.30 Å². The van der Waals surface area contributed by atoms with Crippen LogP contribution < -0.4 is 4.74 Å². The second kappa shape index (κ2) is 6.63. The first-order valence-corrected chi connectivity index (χ1v) is 9.48. The van der Waals surface area contributed by atoms with Crippen LogP contribution in [0, 0.1) is 0 Å². The van der Waals surface area contributed by atoms with E-state index < -0.39 is 0 Å². The number of aryl methyl sites for hydroxylation is 1. The first kappa shape index (κ1) is 15.2. The number of aromatic nitrogens is 1. The molecule has 1 aromatic heterocycles. The second-order valence-corrected chi connectivity index (χ2v) is 7.60. The van der Waals surface area contributed by atoms with Gasteiger partial charge in [-0.05, 0) is 18.6 Å². The van der Waals surface area contributed by atoms with E-state index in [4.69, 9.17) is 4.74 Å². The molecule has 2 aromatic rings. The molecule has 4 rings (SSSR count). The molecule has 0 radical (unpaired) electrons. The molecule has 2 nitrogen and oxygen atoms in total. The zero-order valence-electron chi connectivity index (χ0n) is 14.3. The molecule has 23 heavy (non-hydrogen) atoms. The van der Waals surface area contributed by atoms with Gasteiger partial charge in [-0.2, -0.15) is 0 Å². The standard InChI is InChI=1S/C20H28BNO/c1-23-19-11-2-6-16-12-15-22(20(16)19)14-5-13-21-17-7-3-8-18(21)10-4-9-17/h2,6,11-12,15,17-18H,3-5,7-10,13-14H2,1H3. The predicted octanol–water partition coefficient (Wildman–Crippen LogP) is 5.64. The maximum Gasteiger partial charge on any atom is 0.146 e. The van der Waals surface area contributed by atoms with E-state index in [1.807, 2.05) is 0 Å². The minimum absolute atomic E-state index is 1.00. The van der Waals surface area contributed by atoms with Gasteiger partial charge in [0.2, 0.25) is 0 Å². The van der Waals surface area contributed by atoms with E-state index in [-0.39, 0.29) is 0 Å². The zero-order valence-corrected chi connectivity index (χ0v) is 14.3. The van der Waals surface area contributed by atoms with E-state index >= 15 is 0 Å². The summed E-state index contributed by atoms with van der Waals surface area (Å²) in [4.78, 5) is 0. The molecule has 0 unspecified atom stereocenters. The van der Waals surface area contributed by atoms with E-state index in [9.17, 15) is 0 Å². The van der Waals surface area contributed by atoms with E-state index in [2.05, 4.69) is 35.0 Å². The van der Waals surface area contributed by atoms with Gasteiger partial charge in [0.05, 0.1) is 12.6 Å². The smallest absolute Gasteiger partial charge is 0.146 e. The summed E-state index contributed by atoms with van der Waals surface area (Å²) in [6, 6.07) is 8.55. The molecule has 2 bridgehead atoms. The molecule has 3 heterocycles. The molecule has 1 aromatic carbocycles. The molecular formula is C20H28BNO. The topological polar surface area (TPSA) is 14.2 Å². The average Bonchev–Trinajstić information content (AvgIpc) is 2.98. The van der Waals surface area contributed by atoms with Crippen molar-refractivity contribution in [1.82, 2.24) is 4.57 Å². The van der Waals surface area contributed by atoms with Gasteiger partial charge in [-0.15, -0.1) is 0 Å². The summed E-state index contributed by atoms with van der Waals surface area (Å²) in [5.74, 6) is 3.08. The third-order valence-corrected chi connectivity index (χ3v) is 6.42. The molecule has 2 saturated heterocycles. The number of benzene rings is 1. The van der Waals surface area contributed by atoms with Crippen molar-refractivity contribution in [3.8, 4) is 5.75 Å². The van der Waals surface area contributed by atoms with E-state index in [0.717, 1.165) is 30.6 Å². The number of hydrogen-bond acceptors (Lipinski definition) is 1. The Morgan fingerprint density at radius 1 is 1.09 bits per heavy atom. The van der Waals surface area contributed by atoms with E-state index in [0.29, 0.717) is 0 Å². The fourth-order valence-electron chi connectivity index (χ4n) is 5.36. The van der Waals surface area contributed by atoms with Crippen LogP contribution in [0.4, 0.5) is 0 Å². The first-order chi connectivity index (χ1) is 11.4. The highest BCUT2D eigenvalue weighted by atomic mass is 16.5. The predicted molar refractivity (Wildman–Crippen MR) is 98.9 cm³/mol. The Morgan fingerprint density at radius 3 is 2.52 bits per heavy atom. The Kier molecular flexibility index (Phi) is 4.37. The molecule has 0 amide bonds. The summed E-state index contributed by atoms with van der Waals surface area (Å²) in [5, 5.41) is 1.29. The SMILES string of the molecule is COc1cccc2ccn(CCCB3C4CCCC3CCC4)c12. The van der Waals surface area contributed by atoms with Gasteiger partial charge in [0.1, 0.15) is 12.5 Å². The summed E-state index contributed by atoms with van der Waals surface area (Å²) in [5.41, 5.74) is 1.26. The fraction of sp³-hybridized carbons (Fsp3) is 0.600. The van der Waals surface area contributed by atoms with Crippen molar-refractivity contribution in [2.24, 2.45) is 0 Å². The van der Waals surface area contributed by atoms with Crippen molar-refractivity contribution in [1.29, 1.82) is 0 Å². The quantitative estimate of drug-likeness (QED) is 0.652. The van der Waals surface area contributed by atoms with Crippen molar-refractivity contribution < 1.29 is 4.74 Å². The average molecular weight is 309 g/mol. The molecule has 0 saturated carbocycles. The molecular weight excluding hydrogens is 281 g/mol. The van der Waals surface area contributed by atoms with Crippen molar-refractivity contribution in [3.05, 3.63) is 30.5 Å². The highest BCUT2D eigenvalue weighted by Gasteiger charge is 2.38. The maximum absolute atomic E-state index is 5.56. The van der Waals surface area contributed by atoms with Crippen molar-refractivity contribution in [2.45, 2.75) is 69.4 Å². The van der Waals surface area contributed by atoms with E-state index in [1.165, 1.54) is 62.2 Å². The highest BCUT2D eigenvalue weighted by molar-refractivity contribution is 6.62. The number of para-hydroxylation sites is 1. The number of nitrogens with zero attached hydrogens (tertiary/aromatic N) is 1. The highest BCUT2D eigenvalue weighted by Crippen LogP contribution is 2.48. The van der Waals surface area contributed by atoms with Crippen LogP contribution in [-0.2, 0) is 6.54 Å². The Bertz CT molecular complexity index is 643. The largest absolute Gasteiger partial charge is 0.495 e. The molecule has 0 aliphatic carbocycles. The van der Waals surface area contributed by atoms with Crippen LogP contribution in [0.2, 0.25) is 18.0 Å².